The molecule has 1 aromatic rings. The maximum atomic E-state index is 12.3. The Bertz CT molecular complexity index is 548. The minimum Gasteiger partial charge on any atom is -0.445 e. The van der Waals surface area contributed by atoms with Crippen molar-refractivity contribution in [2.75, 3.05) is 13.1 Å². The van der Waals surface area contributed by atoms with Gasteiger partial charge in [0.05, 0.1) is 6.04 Å². The van der Waals surface area contributed by atoms with Crippen LogP contribution in [0.15, 0.2) is 30.3 Å². The van der Waals surface area contributed by atoms with Crippen molar-refractivity contribution in [3.63, 3.8) is 0 Å². The zero-order valence-electron chi connectivity index (χ0n) is 14.4. The lowest BCUT2D eigenvalue weighted by Crippen LogP contribution is -2.54. The van der Waals surface area contributed by atoms with Crippen LogP contribution in [-0.4, -0.2) is 42.1 Å². The Balaban J connectivity index is 1.79. The number of rotatable bonds is 5. The molecule has 24 heavy (non-hydrogen) atoms. The highest BCUT2D eigenvalue weighted by molar-refractivity contribution is 5.82. The molecular formula is C18H27N3O3. The van der Waals surface area contributed by atoms with E-state index in [4.69, 9.17) is 10.5 Å². The van der Waals surface area contributed by atoms with Gasteiger partial charge in [0.25, 0.3) is 0 Å². The van der Waals surface area contributed by atoms with E-state index in [2.05, 4.69) is 5.32 Å². The predicted molar refractivity (Wildman–Crippen MR) is 92.2 cm³/mol. The van der Waals surface area contributed by atoms with Crippen molar-refractivity contribution in [3.05, 3.63) is 35.9 Å². The summed E-state index contributed by atoms with van der Waals surface area (Å²) in [5.74, 6) is 0.0517. The molecule has 2 rings (SSSR count). The van der Waals surface area contributed by atoms with Crippen molar-refractivity contribution in [1.82, 2.24) is 10.2 Å². The number of hydrogen-bond acceptors (Lipinski definition) is 4. The molecule has 2 atom stereocenters. The molecule has 0 radical (unpaired) electrons. The maximum absolute atomic E-state index is 12.3. The first-order valence-corrected chi connectivity index (χ1v) is 8.49. The van der Waals surface area contributed by atoms with Crippen molar-refractivity contribution in [2.24, 2.45) is 11.7 Å². The largest absolute Gasteiger partial charge is 0.445 e. The van der Waals surface area contributed by atoms with Gasteiger partial charge < -0.3 is 20.7 Å². The van der Waals surface area contributed by atoms with Crippen LogP contribution in [0.25, 0.3) is 0 Å². The van der Waals surface area contributed by atoms with Gasteiger partial charge >= 0.3 is 6.09 Å². The second-order valence-corrected chi connectivity index (χ2v) is 6.60. The molecule has 2 unspecified atom stereocenters. The van der Waals surface area contributed by atoms with Crippen molar-refractivity contribution in [1.29, 1.82) is 0 Å². The third kappa shape index (κ3) is 5.23. The van der Waals surface area contributed by atoms with Crippen LogP contribution in [0.4, 0.5) is 4.79 Å². The lowest BCUT2D eigenvalue weighted by Gasteiger charge is -2.35. The van der Waals surface area contributed by atoms with Crippen LogP contribution in [0.1, 0.15) is 32.3 Å². The molecule has 0 bridgehead atoms. The lowest BCUT2D eigenvalue weighted by atomic mass is 10.0. The Kier molecular flexibility index (Phi) is 6.61. The highest BCUT2D eigenvalue weighted by Crippen LogP contribution is 2.13. The van der Waals surface area contributed by atoms with E-state index >= 15 is 0 Å². The van der Waals surface area contributed by atoms with E-state index < -0.39 is 12.1 Å². The number of ether oxygens (including phenoxy) is 1. The first-order valence-electron chi connectivity index (χ1n) is 8.49. The standard InChI is InChI=1S/C18H27N3O3/c1-13(2)16(19)17(22)21-10-6-9-15(11-21)20-18(23)24-12-14-7-4-3-5-8-14/h3-5,7-8,13,15-16H,6,9-12,19H2,1-2H3,(H,20,23). The van der Waals surface area contributed by atoms with E-state index in [1.165, 1.54) is 0 Å². The third-order valence-corrected chi connectivity index (χ3v) is 4.27. The van der Waals surface area contributed by atoms with Crippen LogP contribution < -0.4 is 11.1 Å². The van der Waals surface area contributed by atoms with Gasteiger partial charge in [-0.25, -0.2) is 4.79 Å². The normalized spacial score (nSPS) is 19.0. The number of amides is 2. The van der Waals surface area contributed by atoms with E-state index in [9.17, 15) is 9.59 Å². The second-order valence-electron chi connectivity index (χ2n) is 6.60. The van der Waals surface area contributed by atoms with E-state index in [1.807, 2.05) is 44.2 Å². The van der Waals surface area contributed by atoms with Gasteiger partial charge in [-0.15, -0.1) is 0 Å². The number of alkyl carbamates (subject to hydrolysis) is 1. The molecule has 1 saturated heterocycles. The van der Waals surface area contributed by atoms with Crippen LogP contribution in [0.3, 0.4) is 0 Å². The molecule has 0 saturated carbocycles. The summed E-state index contributed by atoms with van der Waals surface area (Å²) in [6.45, 7) is 5.28. The van der Waals surface area contributed by atoms with Crippen LogP contribution in [0.5, 0.6) is 0 Å². The number of benzene rings is 1. The van der Waals surface area contributed by atoms with E-state index in [0.717, 1.165) is 18.4 Å². The zero-order chi connectivity index (χ0) is 17.5. The van der Waals surface area contributed by atoms with Gasteiger partial charge in [-0.2, -0.15) is 0 Å². The van der Waals surface area contributed by atoms with Crippen molar-refractivity contribution >= 4 is 12.0 Å². The first kappa shape index (κ1) is 18.3. The number of carbonyl (C=O) groups is 2. The number of hydrogen-bond donors (Lipinski definition) is 2. The molecule has 132 valence electrons. The molecule has 0 aliphatic carbocycles. The molecule has 0 aromatic heterocycles. The fraction of sp³-hybridized carbons (Fsp3) is 0.556. The highest BCUT2D eigenvalue weighted by Gasteiger charge is 2.29. The molecule has 6 heteroatoms. The molecule has 1 fully saturated rings. The first-order chi connectivity index (χ1) is 11.5. The van der Waals surface area contributed by atoms with Crippen molar-refractivity contribution in [3.8, 4) is 0 Å². The van der Waals surface area contributed by atoms with Crippen LogP contribution in [0, 0.1) is 5.92 Å². The highest BCUT2D eigenvalue weighted by atomic mass is 16.5. The van der Waals surface area contributed by atoms with E-state index in [-0.39, 0.29) is 24.5 Å². The number of nitrogens with zero attached hydrogens (tertiary/aromatic N) is 1. The minimum absolute atomic E-state index is 0.0471. The SMILES string of the molecule is CC(C)C(N)C(=O)N1CCCC(NC(=O)OCc2ccccc2)C1. The summed E-state index contributed by atoms with van der Waals surface area (Å²) in [6, 6.07) is 8.94. The third-order valence-electron chi connectivity index (χ3n) is 4.27. The maximum Gasteiger partial charge on any atom is 0.407 e. The van der Waals surface area contributed by atoms with Gasteiger partial charge in [-0.05, 0) is 24.3 Å². The fourth-order valence-corrected chi connectivity index (χ4v) is 2.72. The summed E-state index contributed by atoms with van der Waals surface area (Å²) >= 11 is 0. The van der Waals surface area contributed by atoms with Gasteiger partial charge in [0.2, 0.25) is 5.91 Å². The monoisotopic (exact) mass is 333 g/mol. The average Bonchev–Trinajstić information content (AvgIpc) is 2.59. The molecule has 2 amide bonds. The van der Waals surface area contributed by atoms with Gasteiger partial charge in [-0.1, -0.05) is 44.2 Å². The smallest absolute Gasteiger partial charge is 0.407 e. The molecule has 1 aliphatic heterocycles. The Morgan fingerprint density at radius 2 is 2.04 bits per heavy atom. The Morgan fingerprint density at radius 1 is 1.33 bits per heavy atom. The summed E-state index contributed by atoms with van der Waals surface area (Å²) < 4.78 is 5.23. The zero-order valence-corrected chi connectivity index (χ0v) is 14.4. The summed E-state index contributed by atoms with van der Waals surface area (Å²) in [5.41, 5.74) is 6.89. The Hall–Kier alpha value is -2.08. The van der Waals surface area contributed by atoms with E-state index in [1.54, 1.807) is 4.90 Å². The van der Waals surface area contributed by atoms with E-state index in [0.29, 0.717) is 13.1 Å². The molecular weight excluding hydrogens is 306 g/mol. The second kappa shape index (κ2) is 8.68. The quantitative estimate of drug-likeness (QED) is 0.862. The predicted octanol–water partition coefficient (Wildman–Crippen LogP) is 1.89. The molecule has 6 nitrogen and oxygen atoms in total. The Labute approximate surface area is 143 Å². The molecule has 1 aromatic carbocycles. The van der Waals surface area contributed by atoms with Gasteiger partial charge in [0.1, 0.15) is 6.61 Å². The fourth-order valence-electron chi connectivity index (χ4n) is 2.72. The number of nitrogens with two attached hydrogens (primary N) is 1. The number of likely N-dealkylation sites (tertiary alicyclic amines) is 1. The van der Waals surface area contributed by atoms with Crippen LogP contribution in [-0.2, 0) is 16.1 Å². The van der Waals surface area contributed by atoms with Crippen LogP contribution in [0.2, 0.25) is 0 Å². The van der Waals surface area contributed by atoms with Crippen molar-refractivity contribution in [2.45, 2.75) is 45.4 Å². The van der Waals surface area contributed by atoms with Gasteiger partial charge in [0, 0.05) is 19.1 Å². The lowest BCUT2D eigenvalue weighted by molar-refractivity contribution is -0.134. The number of carbonyl (C=O) groups excluding carboxylic acids is 2. The summed E-state index contributed by atoms with van der Waals surface area (Å²) in [5, 5.41) is 2.85. The summed E-state index contributed by atoms with van der Waals surface area (Å²) in [6.07, 6.45) is 1.23. The molecule has 3 N–H and O–H groups in total. The van der Waals surface area contributed by atoms with Gasteiger partial charge in [-0.3, -0.25) is 4.79 Å². The molecule has 1 aliphatic rings. The Morgan fingerprint density at radius 3 is 2.71 bits per heavy atom. The van der Waals surface area contributed by atoms with Crippen molar-refractivity contribution < 1.29 is 14.3 Å². The topological polar surface area (TPSA) is 84.7 Å². The van der Waals surface area contributed by atoms with Crippen LogP contribution >= 0.6 is 0 Å². The number of piperidine rings is 1. The number of nitrogens with one attached hydrogen (secondary N) is 1. The van der Waals surface area contributed by atoms with Gasteiger partial charge in [0.15, 0.2) is 0 Å². The average molecular weight is 333 g/mol. The summed E-state index contributed by atoms with van der Waals surface area (Å²) in [4.78, 5) is 26.0. The molecule has 0 spiro atoms. The molecule has 1 heterocycles. The minimum atomic E-state index is -0.492. The summed E-state index contributed by atoms with van der Waals surface area (Å²) in [7, 11) is 0.